The number of methoxy groups -OCH3 is 1. The van der Waals surface area contributed by atoms with E-state index in [1.807, 2.05) is 24.3 Å². The zero-order chi connectivity index (χ0) is 21.4. The lowest BCUT2D eigenvalue weighted by molar-refractivity contribution is -0.118. The Morgan fingerprint density at radius 1 is 1.17 bits per heavy atom. The third kappa shape index (κ3) is 10.5. The number of benzene rings is 1. The second kappa shape index (κ2) is 14.7. The van der Waals surface area contributed by atoms with Crippen molar-refractivity contribution in [2.45, 2.75) is 25.8 Å². The highest BCUT2D eigenvalue weighted by Gasteiger charge is 2.10. The van der Waals surface area contributed by atoms with Crippen LogP contribution in [0.4, 0.5) is 4.79 Å². The van der Waals surface area contributed by atoms with Crippen molar-refractivity contribution in [2.24, 2.45) is 0 Å². The van der Waals surface area contributed by atoms with Gasteiger partial charge in [-0.3, -0.25) is 9.69 Å². The molecule has 0 aliphatic carbocycles. The molecule has 0 radical (unpaired) electrons. The molecule has 2 rings (SSSR count). The van der Waals surface area contributed by atoms with Crippen molar-refractivity contribution in [3.8, 4) is 5.75 Å². The van der Waals surface area contributed by atoms with Crippen LogP contribution in [0.25, 0.3) is 0 Å². The number of likely N-dealkylation sites (tertiary alicyclic amines) is 1. The zero-order valence-corrected chi connectivity index (χ0v) is 18.5. The fourth-order valence-corrected chi connectivity index (χ4v) is 3.77. The van der Waals surface area contributed by atoms with E-state index in [9.17, 15) is 9.59 Å². The quantitative estimate of drug-likeness (QED) is 0.388. The molecule has 166 valence electrons. The molecule has 1 fully saturated rings. The first-order chi connectivity index (χ1) is 14.7. The van der Waals surface area contributed by atoms with Crippen LogP contribution in [0, 0.1) is 0 Å². The fraction of sp³-hybridized carbons (Fsp3) is 0.545. The molecule has 8 heteroatoms. The summed E-state index contributed by atoms with van der Waals surface area (Å²) in [6.45, 7) is 4.76. The smallest absolute Gasteiger partial charge is 0.406 e. The molecule has 1 aliphatic heterocycles. The monoisotopic (exact) mass is 435 g/mol. The summed E-state index contributed by atoms with van der Waals surface area (Å²) >= 11 is 1.46. The van der Waals surface area contributed by atoms with Gasteiger partial charge in [-0.25, -0.2) is 4.79 Å². The van der Waals surface area contributed by atoms with Crippen molar-refractivity contribution < 1.29 is 19.1 Å². The number of rotatable bonds is 12. The molecule has 1 saturated heterocycles. The largest absolute Gasteiger partial charge is 0.490 e. The molecule has 2 amide bonds. The van der Waals surface area contributed by atoms with Crippen LogP contribution < -0.4 is 15.4 Å². The summed E-state index contributed by atoms with van der Waals surface area (Å²) in [5.41, 5.74) is 1.28. The third-order valence-electron chi connectivity index (χ3n) is 4.62. The van der Waals surface area contributed by atoms with E-state index in [0.717, 1.165) is 12.3 Å². The Balaban J connectivity index is 1.54. The number of alkyl carbamates (subject to hydrolysis) is 1. The van der Waals surface area contributed by atoms with Crippen molar-refractivity contribution in [1.29, 1.82) is 0 Å². The summed E-state index contributed by atoms with van der Waals surface area (Å²) in [6, 6.07) is 8.27. The van der Waals surface area contributed by atoms with E-state index < -0.39 is 6.09 Å². The molecule has 0 bridgehead atoms. The molecule has 30 heavy (non-hydrogen) atoms. The fourth-order valence-electron chi connectivity index (χ4n) is 3.09. The minimum absolute atomic E-state index is 0.0333. The van der Waals surface area contributed by atoms with Crippen LogP contribution in [0.15, 0.2) is 36.4 Å². The Kier molecular flexibility index (Phi) is 11.8. The summed E-state index contributed by atoms with van der Waals surface area (Å²) in [5, 5.41) is 5.40. The van der Waals surface area contributed by atoms with Crippen molar-refractivity contribution >= 4 is 23.8 Å². The first kappa shape index (κ1) is 24.1. The highest BCUT2D eigenvalue weighted by Crippen LogP contribution is 2.17. The van der Waals surface area contributed by atoms with Gasteiger partial charge in [-0.1, -0.05) is 24.6 Å². The maximum Gasteiger partial charge on any atom is 0.406 e. The Morgan fingerprint density at radius 3 is 2.80 bits per heavy atom. The van der Waals surface area contributed by atoms with Crippen molar-refractivity contribution in [3.05, 3.63) is 42.0 Å². The van der Waals surface area contributed by atoms with Gasteiger partial charge in [0.25, 0.3) is 0 Å². The van der Waals surface area contributed by atoms with Crippen LogP contribution >= 0.6 is 11.8 Å². The molecule has 1 aromatic rings. The van der Waals surface area contributed by atoms with Gasteiger partial charge in [-0.05, 0) is 49.7 Å². The van der Waals surface area contributed by atoms with Gasteiger partial charge >= 0.3 is 6.09 Å². The Hall–Kier alpha value is -2.19. The van der Waals surface area contributed by atoms with Crippen LogP contribution in [0.2, 0.25) is 0 Å². The molecular formula is C22H33N3O4S. The lowest BCUT2D eigenvalue weighted by Crippen LogP contribution is -2.29. The van der Waals surface area contributed by atoms with E-state index in [-0.39, 0.29) is 5.91 Å². The summed E-state index contributed by atoms with van der Waals surface area (Å²) in [5.74, 6) is 1.85. The molecule has 1 aliphatic rings. The summed E-state index contributed by atoms with van der Waals surface area (Å²) in [4.78, 5) is 25.1. The van der Waals surface area contributed by atoms with E-state index in [2.05, 4.69) is 32.4 Å². The standard InChI is InChI=1S/C22H33N3O4S/c1-28-22(27)24-11-15-30-18-21(26)23-10-3-6-14-29-20-9-7-8-19(16-20)17-25-12-4-2-5-13-25/h3,6-9,16H,2,4-5,10-15,17-18H2,1H3,(H,23,26)(H,24,27). The zero-order valence-electron chi connectivity index (χ0n) is 17.7. The highest BCUT2D eigenvalue weighted by atomic mass is 32.2. The third-order valence-corrected chi connectivity index (χ3v) is 5.58. The van der Waals surface area contributed by atoms with Gasteiger partial charge in [-0.2, -0.15) is 11.8 Å². The lowest BCUT2D eigenvalue weighted by atomic mass is 10.1. The Morgan fingerprint density at radius 2 is 2.00 bits per heavy atom. The highest BCUT2D eigenvalue weighted by molar-refractivity contribution is 7.99. The summed E-state index contributed by atoms with van der Waals surface area (Å²) in [6.07, 6.45) is 7.27. The number of piperidine rings is 1. The number of hydrogen-bond donors (Lipinski definition) is 2. The molecule has 7 nitrogen and oxygen atoms in total. The minimum Gasteiger partial charge on any atom is -0.490 e. The predicted molar refractivity (Wildman–Crippen MR) is 121 cm³/mol. The number of hydrogen-bond acceptors (Lipinski definition) is 6. The number of carbonyl (C=O) groups excluding carboxylic acids is 2. The van der Waals surface area contributed by atoms with E-state index in [1.54, 1.807) is 0 Å². The number of carbonyl (C=O) groups is 2. The lowest BCUT2D eigenvalue weighted by Gasteiger charge is -2.26. The first-order valence-electron chi connectivity index (χ1n) is 10.4. The van der Waals surface area contributed by atoms with Gasteiger partial charge < -0.3 is 20.1 Å². The van der Waals surface area contributed by atoms with Crippen LogP contribution in [0.3, 0.4) is 0 Å². The topological polar surface area (TPSA) is 79.9 Å². The average molecular weight is 436 g/mol. The molecule has 0 aromatic heterocycles. The molecule has 0 saturated carbocycles. The van der Waals surface area contributed by atoms with Crippen LogP contribution in [-0.2, 0) is 16.1 Å². The van der Waals surface area contributed by atoms with Gasteiger partial charge in [0.1, 0.15) is 12.4 Å². The Labute approximate surface area is 183 Å². The van der Waals surface area contributed by atoms with E-state index >= 15 is 0 Å². The van der Waals surface area contributed by atoms with Crippen molar-refractivity contribution in [3.63, 3.8) is 0 Å². The van der Waals surface area contributed by atoms with Gasteiger partial charge in [0.2, 0.25) is 5.91 Å². The molecular weight excluding hydrogens is 402 g/mol. The molecule has 2 N–H and O–H groups in total. The molecule has 0 unspecified atom stereocenters. The summed E-state index contributed by atoms with van der Waals surface area (Å²) < 4.78 is 10.3. The molecule has 1 heterocycles. The number of amides is 2. The van der Waals surface area contributed by atoms with Crippen molar-refractivity contribution in [2.75, 3.05) is 51.4 Å². The normalized spacial score (nSPS) is 14.4. The number of thioether (sulfide) groups is 1. The molecule has 0 spiro atoms. The number of ether oxygens (including phenoxy) is 2. The van der Waals surface area contributed by atoms with E-state index in [1.165, 1.54) is 56.8 Å². The maximum absolute atomic E-state index is 11.7. The van der Waals surface area contributed by atoms with Gasteiger partial charge in [0.05, 0.1) is 12.9 Å². The van der Waals surface area contributed by atoms with Crippen molar-refractivity contribution in [1.82, 2.24) is 15.5 Å². The van der Waals surface area contributed by atoms with E-state index in [4.69, 9.17) is 4.74 Å². The van der Waals surface area contributed by atoms with E-state index in [0.29, 0.717) is 31.2 Å². The predicted octanol–water partition coefficient (Wildman–Crippen LogP) is 2.81. The second-order valence-electron chi connectivity index (χ2n) is 7.04. The second-order valence-corrected chi connectivity index (χ2v) is 8.15. The SMILES string of the molecule is COC(=O)NCCSCC(=O)NCC=CCOc1cccc(CN2CCCCC2)c1. The summed E-state index contributed by atoms with van der Waals surface area (Å²) in [7, 11) is 1.32. The minimum atomic E-state index is -0.457. The van der Waals surface area contributed by atoms with Crippen LogP contribution in [0.1, 0.15) is 24.8 Å². The molecule has 0 atom stereocenters. The van der Waals surface area contributed by atoms with Crippen LogP contribution in [0.5, 0.6) is 5.75 Å². The average Bonchev–Trinajstić information content (AvgIpc) is 2.76. The van der Waals surface area contributed by atoms with Gasteiger partial charge in [0, 0.05) is 25.4 Å². The van der Waals surface area contributed by atoms with Gasteiger partial charge in [0.15, 0.2) is 0 Å². The maximum atomic E-state index is 11.7. The molecule has 1 aromatic carbocycles. The Bertz CT molecular complexity index is 678. The van der Waals surface area contributed by atoms with Crippen LogP contribution in [-0.4, -0.2) is 68.3 Å². The first-order valence-corrected chi connectivity index (χ1v) is 11.6. The number of nitrogens with zero attached hydrogens (tertiary/aromatic N) is 1. The number of nitrogens with one attached hydrogen (secondary N) is 2. The van der Waals surface area contributed by atoms with Gasteiger partial charge in [-0.15, -0.1) is 0 Å².